The number of carbonyl (C=O) groups is 1. The molecule has 0 bridgehead atoms. The van der Waals surface area contributed by atoms with Gasteiger partial charge >= 0.3 is 11.7 Å². The molecular weight excluding hydrogens is 618 g/mol. The van der Waals surface area contributed by atoms with E-state index >= 15 is 8.78 Å². The molecule has 0 amide bonds. The number of nitrogens with zero attached hydrogens (tertiary/aromatic N) is 4. The SMILES string of the molecule is Cn1c(=O)n(-c2ccc(OCc3ccccc3)nc2OCc2ccccc2)c2ccc(C3=CCN(C4CC(C(=O)O)C4)CC3(F)F)cc21. The Labute approximate surface area is 275 Å². The zero-order valence-corrected chi connectivity index (χ0v) is 26.3. The second-order valence-corrected chi connectivity index (χ2v) is 12.3. The van der Waals surface area contributed by atoms with Gasteiger partial charge in [0.1, 0.15) is 18.9 Å². The van der Waals surface area contributed by atoms with Gasteiger partial charge in [-0.2, -0.15) is 13.8 Å². The lowest BCUT2D eigenvalue weighted by Crippen LogP contribution is -2.53. The van der Waals surface area contributed by atoms with Crippen LogP contribution in [0.25, 0.3) is 22.3 Å². The molecule has 1 N–H and O–H groups in total. The molecule has 48 heavy (non-hydrogen) atoms. The fourth-order valence-electron chi connectivity index (χ4n) is 6.43. The highest BCUT2D eigenvalue weighted by Gasteiger charge is 2.45. The van der Waals surface area contributed by atoms with Gasteiger partial charge in [-0.25, -0.2) is 4.79 Å². The number of carboxylic acids is 1. The van der Waals surface area contributed by atoms with E-state index in [1.165, 1.54) is 15.2 Å². The van der Waals surface area contributed by atoms with Gasteiger partial charge in [0, 0.05) is 31.3 Å². The summed E-state index contributed by atoms with van der Waals surface area (Å²) in [7, 11) is 1.60. The molecule has 7 rings (SSSR count). The van der Waals surface area contributed by atoms with Crippen LogP contribution < -0.4 is 15.2 Å². The van der Waals surface area contributed by atoms with E-state index in [9.17, 15) is 14.7 Å². The summed E-state index contributed by atoms with van der Waals surface area (Å²) >= 11 is 0. The zero-order chi connectivity index (χ0) is 33.4. The first-order chi connectivity index (χ1) is 23.2. The van der Waals surface area contributed by atoms with Crippen molar-refractivity contribution in [2.24, 2.45) is 13.0 Å². The van der Waals surface area contributed by atoms with E-state index in [4.69, 9.17) is 9.47 Å². The monoisotopic (exact) mass is 652 g/mol. The minimum atomic E-state index is -3.15. The Morgan fingerprint density at radius 3 is 2.23 bits per heavy atom. The number of ether oxygens (including phenoxy) is 2. The minimum Gasteiger partial charge on any atom is -0.481 e. The number of rotatable bonds is 10. The number of halogens is 2. The van der Waals surface area contributed by atoms with Gasteiger partial charge in [0.05, 0.1) is 23.5 Å². The maximum atomic E-state index is 15.6. The smallest absolute Gasteiger partial charge is 0.333 e. The molecule has 3 heterocycles. The summed E-state index contributed by atoms with van der Waals surface area (Å²) < 4.78 is 46.2. The Morgan fingerprint density at radius 1 is 0.917 bits per heavy atom. The van der Waals surface area contributed by atoms with Gasteiger partial charge in [-0.3, -0.25) is 18.8 Å². The number of carboxylic acid groups (broad SMARTS) is 1. The van der Waals surface area contributed by atoms with Crippen LogP contribution in [0.15, 0.2) is 102 Å². The van der Waals surface area contributed by atoms with Crippen molar-refractivity contribution in [1.82, 2.24) is 19.0 Å². The van der Waals surface area contributed by atoms with Gasteiger partial charge < -0.3 is 14.6 Å². The van der Waals surface area contributed by atoms with Crippen LogP contribution in [0.5, 0.6) is 11.8 Å². The van der Waals surface area contributed by atoms with Crippen LogP contribution in [0.4, 0.5) is 8.78 Å². The van der Waals surface area contributed by atoms with Crippen molar-refractivity contribution < 1.29 is 28.2 Å². The standard InChI is InChI=1S/C37H34F2N4O5/c1-41-32-20-26(29-16-17-42(23-37(29,38)39)28-18-27(19-28)35(44)45)12-13-30(32)43(36(41)46)31-14-15-33(47-21-24-8-4-2-5-9-24)40-34(31)48-22-25-10-6-3-7-11-25/h2-16,20,27-28H,17-19,21-23H2,1H3,(H,44,45). The van der Waals surface area contributed by atoms with Gasteiger partial charge in [0.25, 0.3) is 5.92 Å². The van der Waals surface area contributed by atoms with Crippen LogP contribution in [0, 0.1) is 5.92 Å². The number of aryl methyl sites for hydroxylation is 1. The Balaban J connectivity index is 1.21. The highest BCUT2D eigenvalue weighted by molar-refractivity contribution is 5.85. The summed E-state index contributed by atoms with van der Waals surface area (Å²) in [6, 6.07) is 27.4. The van der Waals surface area contributed by atoms with Crippen LogP contribution in [0.2, 0.25) is 0 Å². The molecule has 1 saturated carbocycles. The minimum absolute atomic E-state index is 0.108. The third-order valence-electron chi connectivity index (χ3n) is 9.17. The Hall–Kier alpha value is -5.29. The lowest BCUT2D eigenvalue weighted by atomic mass is 9.78. The Kier molecular flexibility index (Phi) is 8.30. The van der Waals surface area contributed by atoms with Gasteiger partial charge in [0.2, 0.25) is 11.8 Å². The lowest BCUT2D eigenvalue weighted by Gasteiger charge is -2.44. The molecule has 1 aliphatic carbocycles. The fourth-order valence-corrected chi connectivity index (χ4v) is 6.43. The summed E-state index contributed by atoms with van der Waals surface area (Å²) in [6.45, 7) is 0.307. The number of fused-ring (bicyclic) bond motifs is 1. The Bertz CT molecular complexity index is 2050. The van der Waals surface area contributed by atoms with Crippen molar-refractivity contribution in [2.45, 2.75) is 38.0 Å². The van der Waals surface area contributed by atoms with E-state index in [0.717, 1.165) is 11.1 Å². The molecule has 246 valence electrons. The van der Waals surface area contributed by atoms with Gasteiger partial charge in [-0.15, -0.1) is 0 Å². The normalized spacial score (nSPS) is 19.0. The van der Waals surface area contributed by atoms with E-state index in [-0.39, 0.29) is 29.8 Å². The maximum Gasteiger partial charge on any atom is 0.333 e. The molecule has 1 aliphatic heterocycles. The predicted molar refractivity (Wildman–Crippen MR) is 177 cm³/mol. The van der Waals surface area contributed by atoms with Crippen LogP contribution in [-0.4, -0.2) is 55.1 Å². The first-order valence-electron chi connectivity index (χ1n) is 15.8. The van der Waals surface area contributed by atoms with E-state index in [1.54, 1.807) is 42.3 Å². The summed E-state index contributed by atoms with van der Waals surface area (Å²) in [5.41, 5.74) is 3.07. The van der Waals surface area contributed by atoms with Crippen LogP contribution >= 0.6 is 0 Å². The number of imidazole rings is 1. The third-order valence-corrected chi connectivity index (χ3v) is 9.17. The number of alkyl halides is 2. The second kappa shape index (κ2) is 12.7. The molecular formula is C37H34F2N4O5. The van der Waals surface area contributed by atoms with Crippen LogP contribution in [0.3, 0.4) is 0 Å². The highest BCUT2D eigenvalue weighted by Crippen LogP contribution is 2.41. The van der Waals surface area contributed by atoms with Gasteiger partial charge in [-0.1, -0.05) is 72.8 Å². The van der Waals surface area contributed by atoms with Crippen molar-refractivity contribution in [3.8, 4) is 17.4 Å². The molecule has 2 aromatic heterocycles. The second-order valence-electron chi connectivity index (χ2n) is 12.3. The number of benzene rings is 3. The number of aliphatic carboxylic acids is 1. The van der Waals surface area contributed by atoms with Crippen molar-refractivity contribution in [2.75, 3.05) is 13.1 Å². The van der Waals surface area contributed by atoms with Crippen molar-refractivity contribution in [1.29, 1.82) is 0 Å². The third kappa shape index (κ3) is 6.09. The van der Waals surface area contributed by atoms with E-state index in [0.29, 0.717) is 54.2 Å². The maximum absolute atomic E-state index is 15.6. The molecule has 0 radical (unpaired) electrons. The number of pyridine rings is 1. The molecule has 11 heteroatoms. The largest absolute Gasteiger partial charge is 0.481 e. The lowest BCUT2D eigenvalue weighted by molar-refractivity contribution is -0.147. The molecule has 9 nitrogen and oxygen atoms in total. The quantitative estimate of drug-likeness (QED) is 0.195. The topological polar surface area (TPSA) is 98.8 Å². The van der Waals surface area contributed by atoms with Crippen LogP contribution in [0.1, 0.15) is 29.5 Å². The predicted octanol–water partition coefficient (Wildman–Crippen LogP) is 6.08. The van der Waals surface area contributed by atoms with E-state index in [1.807, 2.05) is 60.7 Å². The van der Waals surface area contributed by atoms with Crippen molar-refractivity contribution in [3.05, 3.63) is 124 Å². The number of hydrogen-bond donors (Lipinski definition) is 1. The summed E-state index contributed by atoms with van der Waals surface area (Å²) in [4.78, 5) is 31.3. The van der Waals surface area contributed by atoms with Crippen LogP contribution in [-0.2, 0) is 25.1 Å². The van der Waals surface area contributed by atoms with E-state index < -0.39 is 24.4 Å². The fraction of sp³-hybridized carbons (Fsp3) is 0.270. The molecule has 0 atom stereocenters. The average Bonchev–Trinajstić information content (AvgIpc) is 3.31. The molecule has 0 saturated heterocycles. The first-order valence-corrected chi connectivity index (χ1v) is 15.8. The molecule has 1 fully saturated rings. The molecule has 5 aromatic rings. The molecule has 0 unspecified atom stereocenters. The van der Waals surface area contributed by atoms with E-state index in [2.05, 4.69) is 4.98 Å². The molecule has 0 spiro atoms. The van der Waals surface area contributed by atoms with Gasteiger partial charge in [-0.05, 0) is 47.7 Å². The molecule has 2 aliphatic rings. The summed E-state index contributed by atoms with van der Waals surface area (Å²) in [5.74, 6) is -4.00. The summed E-state index contributed by atoms with van der Waals surface area (Å²) in [6.07, 6.45) is 2.27. The number of hydrogen-bond acceptors (Lipinski definition) is 6. The van der Waals surface area contributed by atoms with Crippen molar-refractivity contribution >= 4 is 22.6 Å². The highest BCUT2D eigenvalue weighted by atomic mass is 19.3. The van der Waals surface area contributed by atoms with Gasteiger partial charge in [0.15, 0.2) is 0 Å². The van der Waals surface area contributed by atoms with Crippen molar-refractivity contribution in [3.63, 3.8) is 0 Å². The Morgan fingerprint density at radius 2 is 1.58 bits per heavy atom. The molecule has 3 aromatic carbocycles. The zero-order valence-electron chi connectivity index (χ0n) is 26.3. The summed E-state index contributed by atoms with van der Waals surface area (Å²) in [5, 5.41) is 9.19. The first kappa shape index (κ1) is 31.3. The average molecular weight is 653 g/mol. The number of aromatic nitrogens is 3.